The minimum Gasteiger partial charge on any atom is -0.353 e. The molecule has 0 bridgehead atoms. The first kappa shape index (κ1) is 12.8. The third-order valence-electron chi connectivity index (χ3n) is 2.25. The minimum atomic E-state index is -0.0131. The summed E-state index contributed by atoms with van der Waals surface area (Å²) in [5.41, 5.74) is 1.16. The van der Waals surface area contributed by atoms with Gasteiger partial charge < -0.3 is 5.32 Å². The van der Waals surface area contributed by atoms with Gasteiger partial charge in [-0.2, -0.15) is 0 Å². The van der Waals surface area contributed by atoms with Crippen LogP contribution in [0, 0.1) is 0 Å². The van der Waals surface area contributed by atoms with Crippen LogP contribution in [0.1, 0.15) is 18.9 Å². The molecule has 86 valence electrons. The Labute approximate surface area is 101 Å². The Balaban J connectivity index is 2.63. The van der Waals surface area contributed by atoms with E-state index in [0.717, 1.165) is 23.4 Å². The number of benzene rings is 1. The molecule has 0 fully saturated rings. The lowest BCUT2D eigenvalue weighted by Crippen LogP contribution is -2.34. The average Bonchev–Trinajstić information content (AvgIpc) is 2.21. The Hall–Kier alpha value is -1.28. The van der Waals surface area contributed by atoms with Crippen molar-refractivity contribution in [2.24, 2.45) is 0 Å². The van der Waals surface area contributed by atoms with Crippen molar-refractivity contribution in [2.75, 3.05) is 0 Å². The maximum Gasteiger partial charge on any atom is 0.217 e. The normalized spacial score (nSPS) is 11.9. The van der Waals surface area contributed by atoms with Crippen molar-refractivity contribution < 1.29 is 4.79 Å². The van der Waals surface area contributed by atoms with Crippen LogP contribution in [0.15, 0.2) is 36.9 Å². The number of carbonyl (C=O) groups excluding carboxylic acids is 1. The van der Waals surface area contributed by atoms with E-state index in [4.69, 9.17) is 11.6 Å². The van der Waals surface area contributed by atoms with Gasteiger partial charge in [0.15, 0.2) is 0 Å². The van der Waals surface area contributed by atoms with Crippen molar-refractivity contribution in [1.29, 1.82) is 0 Å². The molecule has 0 aliphatic carbocycles. The summed E-state index contributed by atoms with van der Waals surface area (Å²) in [6, 6.07) is 7.77. The van der Waals surface area contributed by atoms with Gasteiger partial charge in [-0.05, 0) is 30.5 Å². The molecule has 1 rings (SSSR count). The molecule has 1 amide bonds. The number of hydrogen-bond donors (Lipinski definition) is 1. The second kappa shape index (κ2) is 6.33. The van der Waals surface area contributed by atoms with Crippen molar-refractivity contribution in [3.05, 3.63) is 47.5 Å². The van der Waals surface area contributed by atoms with E-state index in [1.807, 2.05) is 30.3 Å². The lowest BCUT2D eigenvalue weighted by molar-refractivity contribution is -0.119. The molecule has 0 aliphatic heterocycles. The number of rotatable bonds is 5. The molecule has 0 radical (unpaired) electrons. The number of halogens is 1. The predicted molar refractivity (Wildman–Crippen MR) is 67.6 cm³/mol. The Bertz CT molecular complexity index is 359. The monoisotopic (exact) mass is 237 g/mol. The van der Waals surface area contributed by atoms with Crippen molar-refractivity contribution in [3.8, 4) is 0 Å². The summed E-state index contributed by atoms with van der Waals surface area (Å²) in [6.45, 7) is 5.22. The van der Waals surface area contributed by atoms with Crippen LogP contribution >= 0.6 is 11.6 Å². The minimum absolute atomic E-state index is 0.0131. The van der Waals surface area contributed by atoms with Gasteiger partial charge in [0.05, 0.1) is 0 Å². The molecule has 0 heterocycles. The van der Waals surface area contributed by atoms with Gasteiger partial charge in [0.1, 0.15) is 0 Å². The Morgan fingerprint density at radius 1 is 1.50 bits per heavy atom. The fraction of sp³-hybridized carbons (Fsp3) is 0.308. The van der Waals surface area contributed by atoms with Crippen molar-refractivity contribution in [3.63, 3.8) is 0 Å². The summed E-state index contributed by atoms with van der Waals surface area (Å²) in [4.78, 5) is 11.0. The number of nitrogens with one attached hydrogen (secondary N) is 1. The van der Waals surface area contributed by atoms with Crippen LogP contribution in [-0.2, 0) is 11.2 Å². The molecule has 16 heavy (non-hydrogen) atoms. The van der Waals surface area contributed by atoms with Gasteiger partial charge in [-0.15, -0.1) is 6.58 Å². The largest absolute Gasteiger partial charge is 0.353 e. The molecule has 1 aromatic rings. The molecule has 0 aromatic heterocycles. The summed E-state index contributed by atoms with van der Waals surface area (Å²) < 4.78 is 0. The molecule has 0 saturated carbocycles. The summed E-state index contributed by atoms with van der Waals surface area (Å²) >= 11 is 5.81. The maximum absolute atomic E-state index is 11.0. The number of carbonyl (C=O) groups is 1. The highest BCUT2D eigenvalue weighted by Crippen LogP contribution is 2.12. The molecule has 3 heteroatoms. The smallest absolute Gasteiger partial charge is 0.217 e. The zero-order chi connectivity index (χ0) is 12.0. The van der Waals surface area contributed by atoms with Crippen LogP contribution in [-0.4, -0.2) is 11.9 Å². The summed E-state index contributed by atoms with van der Waals surface area (Å²) in [5, 5.41) is 3.63. The van der Waals surface area contributed by atoms with Gasteiger partial charge in [-0.25, -0.2) is 0 Å². The van der Waals surface area contributed by atoms with Gasteiger partial charge >= 0.3 is 0 Å². The van der Waals surface area contributed by atoms with E-state index < -0.39 is 0 Å². The van der Waals surface area contributed by atoms with Gasteiger partial charge in [0, 0.05) is 18.0 Å². The predicted octanol–water partition coefficient (Wildman–Crippen LogP) is 2.96. The van der Waals surface area contributed by atoms with E-state index in [0.29, 0.717) is 0 Å². The highest BCUT2D eigenvalue weighted by molar-refractivity contribution is 6.30. The fourth-order valence-electron chi connectivity index (χ4n) is 1.59. The first-order valence-electron chi connectivity index (χ1n) is 5.24. The molecule has 1 aromatic carbocycles. The average molecular weight is 238 g/mol. The molecule has 0 saturated heterocycles. The Morgan fingerprint density at radius 3 is 2.62 bits per heavy atom. The number of amides is 1. The van der Waals surface area contributed by atoms with E-state index in [9.17, 15) is 4.79 Å². The van der Waals surface area contributed by atoms with Crippen molar-refractivity contribution >= 4 is 17.5 Å². The molecule has 2 nitrogen and oxygen atoms in total. The van der Waals surface area contributed by atoms with Crippen molar-refractivity contribution in [1.82, 2.24) is 5.32 Å². The third-order valence-corrected chi connectivity index (χ3v) is 2.51. The molecular formula is C13H16ClNO. The molecule has 0 unspecified atom stereocenters. The van der Waals surface area contributed by atoms with E-state index in [2.05, 4.69) is 11.9 Å². The van der Waals surface area contributed by atoms with Gasteiger partial charge in [-0.3, -0.25) is 4.79 Å². The van der Waals surface area contributed by atoms with Crippen LogP contribution in [0.2, 0.25) is 5.02 Å². The Kier molecular flexibility index (Phi) is 5.06. The first-order valence-corrected chi connectivity index (χ1v) is 5.62. The summed E-state index contributed by atoms with van der Waals surface area (Å²) in [7, 11) is 0. The van der Waals surface area contributed by atoms with E-state index in [1.165, 1.54) is 6.92 Å². The molecule has 0 aliphatic rings. The Morgan fingerprint density at radius 2 is 2.12 bits per heavy atom. The molecule has 1 atom stereocenters. The van der Waals surface area contributed by atoms with Crippen LogP contribution in [0.4, 0.5) is 0 Å². The lowest BCUT2D eigenvalue weighted by atomic mass is 10.0. The molecule has 0 spiro atoms. The fourth-order valence-corrected chi connectivity index (χ4v) is 1.71. The SMILES string of the molecule is C=CC[C@H](Cc1ccc(Cl)cc1)NC(C)=O. The van der Waals surface area contributed by atoms with E-state index in [1.54, 1.807) is 0 Å². The zero-order valence-electron chi connectivity index (χ0n) is 9.37. The van der Waals surface area contributed by atoms with E-state index in [-0.39, 0.29) is 11.9 Å². The van der Waals surface area contributed by atoms with Crippen LogP contribution < -0.4 is 5.32 Å². The standard InChI is InChI=1S/C13H16ClNO/c1-3-4-13(15-10(2)16)9-11-5-7-12(14)8-6-11/h3,5-8,13H,1,4,9H2,2H3,(H,15,16)/t13-/m1/s1. The third kappa shape index (κ3) is 4.49. The van der Waals surface area contributed by atoms with Crippen LogP contribution in [0.5, 0.6) is 0 Å². The quantitative estimate of drug-likeness (QED) is 0.784. The number of hydrogen-bond acceptors (Lipinski definition) is 1. The summed E-state index contributed by atoms with van der Waals surface area (Å²) in [6.07, 6.45) is 3.38. The van der Waals surface area contributed by atoms with E-state index >= 15 is 0 Å². The lowest BCUT2D eigenvalue weighted by Gasteiger charge is -2.16. The maximum atomic E-state index is 11.0. The summed E-state index contributed by atoms with van der Waals surface area (Å²) in [5.74, 6) is -0.0131. The van der Waals surface area contributed by atoms with Crippen molar-refractivity contribution in [2.45, 2.75) is 25.8 Å². The van der Waals surface area contributed by atoms with Gasteiger partial charge in [0.2, 0.25) is 5.91 Å². The molecular weight excluding hydrogens is 222 g/mol. The topological polar surface area (TPSA) is 29.1 Å². The second-order valence-corrected chi connectivity index (χ2v) is 4.19. The van der Waals surface area contributed by atoms with Crippen LogP contribution in [0.3, 0.4) is 0 Å². The second-order valence-electron chi connectivity index (χ2n) is 3.75. The zero-order valence-corrected chi connectivity index (χ0v) is 10.1. The van der Waals surface area contributed by atoms with Crippen LogP contribution in [0.25, 0.3) is 0 Å². The highest BCUT2D eigenvalue weighted by Gasteiger charge is 2.08. The van der Waals surface area contributed by atoms with Gasteiger partial charge in [-0.1, -0.05) is 29.8 Å². The molecule has 1 N–H and O–H groups in total. The van der Waals surface area contributed by atoms with Gasteiger partial charge in [0.25, 0.3) is 0 Å². The highest BCUT2D eigenvalue weighted by atomic mass is 35.5. The first-order chi connectivity index (χ1) is 7.61.